The molecule has 0 aliphatic rings. The summed E-state index contributed by atoms with van der Waals surface area (Å²) in [5.74, 6) is 0.0284. The molecule has 4 heteroatoms. The number of amides is 1. The van der Waals surface area contributed by atoms with Crippen molar-refractivity contribution in [3.8, 4) is 5.75 Å². The van der Waals surface area contributed by atoms with E-state index in [0.717, 1.165) is 10.9 Å². The van der Waals surface area contributed by atoms with E-state index >= 15 is 0 Å². The van der Waals surface area contributed by atoms with Crippen molar-refractivity contribution in [2.75, 3.05) is 7.05 Å². The van der Waals surface area contributed by atoms with Crippen molar-refractivity contribution in [2.24, 2.45) is 0 Å². The van der Waals surface area contributed by atoms with E-state index < -0.39 is 0 Å². The Hall–Kier alpha value is -1.97. The van der Waals surface area contributed by atoms with Crippen molar-refractivity contribution in [3.05, 3.63) is 30.0 Å². The second-order valence-electron chi connectivity index (χ2n) is 3.03. The molecule has 16 heavy (non-hydrogen) atoms. The molecular formula is C12H16N2O2. The number of H-pyrrole nitrogens is 1. The van der Waals surface area contributed by atoms with E-state index in [-0.39, 0.29) is 11.7 Å². The van der Waals surface area contributed by atoms with E-state index in [9.17, 15) is 9.90 Å². The van der Waals surface area contributed by atoms with Gasteiger partial charge in [0, 0.05) is 18.0 Å². The highest BCUT2D eigenvalue weighted by Crippen LogP contribution is 2.20. The number of aromatic amines is 1. The van der Waals surface area contributed by atoms with Crippen LogP contribution in [0.15, 0.2) is 24.3 Å². The number of benzene rings is 1. The molecule has 0 saturated carbocycles. The second-order valence-corrected chi connectivity index (χ2v) is 3.03. The predicted molar refractivity (Wildman–Crippen MR) is 64.7 cm³/mol. The number of aromatic nitrogens is 1. The fraction of sp³-hybridized carbons (Fsp3) is 0.250. The molecule has 0 atom stereocenters. The number of phenols is 1. The molecule has 1 amide bonds. The van der Waals surface area contributed by atoms with Gasteiger partial charge in [-0.25, -0.2) is 0 Å². The molecule has 0 unspecified atom stereocenters. The molecule has 3 N–H and O–H groups in total. The lowest BCUT2D eigenvalue weighted by atomic mass is 10.2. The minimum atomic E-state index is -0.166. The first-order valence-electron chi connectivity index (χ1n) is 5.24. The lowest BCUT2D eigenvalue weighted by molar-refractivity contribution is 0.0959. The van der Waals surface area contributed by atoms with Gasteiger partial charge in [0.25, 0.3) is 5.91 Å². The molecule has 0 fully saturated rings. The van der Waals surface area contributed by atoms with E-state index in [1.165, 1.54) is 0 Å². The molecule has 0 aliphatic carbocycles. The molecule has 0 aliphatic heterocycles. The van der Waals surface area contributed by atoms with Crippen molar-refractivity contribution < 1.29 is 9.90 Å². The van der Waals surface area contributed by atoms with Gasteiger partial charge < -0.3 is 15.4 Å². The van der Waals surface area contributed by atoms with Crippen molar-refractivity contribution in [3.63, 3.8) is 0 Å². The van der Waals surface area contributed by atoms with Gasteiger partial charge >= 0.3 is 0 Å². The maximum Gasteiger partial charge on any atom is 0.267 e. The maximum atomic E-state index is 11.3. The number of carbonyl (C=O) groups excluding carboxylic acids is 1. The van der Waals surface area contributed by atoms with Crippen LogP contribution < -0.4 is 5.32 Å². The smallest absolute Gasteiger partial charge is 0.267 e. The van der Waals surface area contributed by atoms with Crippen LogP contribution in [0.1, 0.15) is 24.3 Å². The van der Waals surface area contributed by atoms with Gasteiger partial charge in [0.1, 0.15) is 11.4 Å². The van der Waals surface area contributed by atoms with E-state index in [4.69, 9.17) is 0 Å². The summed E-state index contributed by atoms with van der Waals surface area (Å²) < 4.78 is 0. The van der Waals surface area contributed by atoms with Crippen LogP contribution in [0.4, 0.5) is 0 Å². The maximum absolute atomic E-state index is 11.3. The molecule has 1 heterocycles. The number of nitrogens with one attached hydrogen (secondary N) is 2. The first-order valence-corrected chi connectivity index (χ1v) is 5.24. The van der Waals surface area contributed by atoms with Crippen LogP contribution in [0, 0.1) is 0 Å². The number of carbonyl (C=O) groups is 1. The Kier molecular flexibility index (Phi) is 3.94. The third-order valence-corrected chi connectivity index (χ3v) is 2.08. The van der Waals surface area contributed by atoms with Crippen molar-refractivity contribution in [1.82, 2.24) is 10.3 Å². The van der Waals surface area contributed by atoms with Crippen LogP contribution in [0.25, 0.3) is 10.9 Å². The zero-order valence-electron chi connectivity index (χ0n) is 9.66. The molecule has 4 nitrogen and oxygen atoms in total. The molecule has 2 aromatic rings. The minimum Gasteiger partial charge on any atom is -0.508 e. The van der Waals surface area contributed by atoms with Crippen LogP contribution in [-0.2, 0) is 0 Å². The average Bonchev–Trinajstić information content (AvgIpc) is 2.73. The van der Waals surface area contributed by atoms with Gasteiger partial charge in [-0.1, -0.05) is 13.8 Å². The second kappa shape index (κ2) is 5.21. The number of phenolic OH excluding ortho intramolecular Hbond substituents is 1. The zero-order valence-corrected chi connectivity index (χ0v) is 9.66. The Bertz CT molecular complexity index is 489. The molecule has 2 rings (SSSR count). The highest BCUT2D eigenvalue weighted by atomic mass is 16.3. The number of hydrogen-bond acceptors (Lipinski definition) is 2. The summed E-state index contributed by atoms with van der Waals surface area (Å²) in [6.45, 7) is 4.00. The summed E-state index contributed by atoms with van der Waals surface area (Å²) in [4.78, 5) is 14.2. The molecular weight excluding hydrogens is 204 g/mol. The lowest BCUT2D eigenvalue weighted by Crippen LogP contribution is -2.17. The molecule has 1 aromatic carbocycles. The lowest BCUT2D eigenvalue weighted by Gasteiger charge is -1.92. The largest absolute Gasteiger partial charge is 0.508 e. The third-order valence-electron chi connectivity index (χ3n) is 2.08. The predicted octanol–water partition coefficient (Wildman–Crippen LogP) is 2.26. The normalized spacial score (nSPS) is 9.44. The Labute approximate surface area is 94.3 Å². The Morgan fingerprint density at radius 1 is 1.31 bits per heavy atom. The van der Waals surface area contributed by atoms with E-state index in [1.54, 1.807) is 31.3 Å². The van der Waals surface area contributed by atoms with Crippen LogP contribution in [0.2, 0.25) is 0 Å². The van der Waals surface area contributed by atoms with Crippen LogP contribution in [0.3, 0.4) is 0 Å². The van der Waals surface area contributed by atoms with E-state index in [1.807, 2.05) is 13.8 Å². The summed E-state index contributed by atoms with van der Waals surface area (Å²) in [6.07, 6.45) is 0. The average molecular weight is 220 g/mol. The van der Waals surface area contributed by atoms with Crippen LogP contribution in [0.5, 0.6) is 5.75 Å². The van der Waals surface area contributed by atoms with E-state index in [2.05, 4.69) is 10.3 Å². The molecule has 0 bridgehead atoms. The summed E-state index contributed by atoms with van der Waals surface area (Å²) in [6, 6.07) is 6.62. The Morgan fingerprint density at radius 3 is 2.62 bits per heavy atom. The summed E-state index contributed by atoms with van der Waals surface area (Å²) in [7, 11) is 1.57. The highest BCUT2D eigenvalue weighted by Gasteiger charge is 2.07. The van der Waals surface area contributed by atoms with Crippen molar-refractivity contribution >= 4 is 16.8 Å². The Morgan fingerprint density at radius 2 is 2.00 bits per heavy atom. The van der Waals surface area contributed by atoms with Crippen molar-refractivity contribution in [2.45, 2.75) is 13.8 Å². The monoisotopic (exact) mass is 220 g/mol. The summed E-state index contributed by atoms with van der Waals surface area (Å²) in [5, 5.41) is 12.6. The SMILES string of the molecule is CC.CNC(=O)c1cc2cc(O)ccc2[nH]1. The third kappa shape index (κ3) is 2.34. The standard InChI is InChI=1S/C10H10N2O2.C2H6/c1-11-10(14)9-5-6-4-7(13)2-3-8(6)12-9;1-2/h2-5,12-13H,1H3,(H,11,14);1-2H3. The van der Waals surface area contributed by atoms with Gasteiger partial charge in [-0.15, -0.1) is 0 Å². The summed E-state index contributed by atoms with van der Waals surface area (Å²) in [5.41, 5.74) is 1.33. The van der Waals surface area contributed by atoms with Gasteiger partial charge in [-0.3, -0.25) is 4.79 Å². The zero-order chi connectivity index (χ0) is 12.1. The number of aromatic hydroxyl groups is 1. The van der Waals surface area contributed by atoms with Gasteiger partial charge in [0.2, 0.25) is 0 Å². The fourth-order valence-corrected chi connectivity index (χ4v) is 1.38. The van der Waals surface area contributed by atoms with Gasteiger partial charge in [0.15, 0.2) is 0 Å². The molecule has 0 radical (unpaired) electrons. The first-order chi connectivity index (χ1) is 7.70. The van der Waals surface area contributed by atoms with E-state index in [0.29, 0.717) is 5.69 Å². The molecule has 0 saturated heterocycles. The Balaban J connectivity index is 0.000000606. The fourth-order valence-electron chi connectivity index (χ4n) is 1.38. The quantitative estimate of drug-likeness (QED) is 0.690. The number of rotatable bonds is 1. The van der Waals surface area contributed by atoms with Crippen LogP contribution >= 0.6 is 0 Å². The number of hydrogen-bond donors (Lipinski definition) is 3. The minimum absolute atomic E-state index is 0.166. The molecule has 0 spiro atoms. The topological polar surface area (TPSA) is 65.1 Å². The van der Waals surface area contributed by atoms with Gasteiger partial charge in [-0.2, -0.15) is 0 Å². The molecule has 1 aromatic heterocycles. The highest BCUT2D eigenvalue weighted by molar-refractivity contribution is 5.98. The number of fused-ring (bicyclic) bond motifs is 1. The van der Waals surface area contributed by atoms with Crippen molar-refractivity contribution in [1.29, 1.82) is 0 Å². The van der Waals surface area contributed by atoms with Crippen LogP contribution in [-0.4, -0.2) is 23.0 Å². The van der Waals surface area contributed by atoms with Gasteiger partial charge in [0.05, 0.1) is 0 Å². The summed E-state index contributed by atoms with van der Waals surface area (Å²) >= 11 is 0. The van der Waals surface area contributed by atoms with Gasteiger partial charge in [-0.05, 0) is 24.3 Å². The first kappa shape index (κ1) is 12.1. The molecule has 86 valence electrons.